The summed E-state index contributed by atoms with van der Waals surface area (Å²) in [6, 6.07) is 0. The molecule has 0 atom stereocenters. The van der Waals surface area contributed by atoms with Crippen molar-refractivity contribution in [1.82, 2.24) is 0 Å². The molecule has 2 rings (SSSR count). The predicted molar refractivity (Wildman–Crippen MR) is 64.7 cm³/mol. The van der Waals surface area contributed by atoms with E-state index >= 15 is 0 Å². The maximum Gasteiger partial charge on any atom is 0.332 e. The van der Waals surface area contributed by atoms with Crippen molar-refractivity contribution in [3.63, 3.8) is 0 Å². The molecule has 4 nitrogen and oxygen atoms in total. The Balaban J connectivity index is 1.82. The highest BCUT2D eigenvalue weighted by atomic mass is 31.2. The van der Waals surface area contributed by atoms with Crippen LogP contribution >= 0.6 is 7.60 Å². The van der Waals surface area contributed by atoms with Gasteiger partial charge in [-0.2, -0.15) is 0 Å². The minimum atomic E-state index is -4.18. The second-order valence-electron chi connectivity index (χ2n) is 5.23. The van der Waals surface area contributed by atoms with E-state index in [1.54, 1.807) is 0 Å². The standard InChI is InChI=1S/C12H19O4P/c13-12(8-17(14,15)16)11-5-3-10(4-6-11)7-9-1-2-9/h7,9,11H,1-6,8H2,(H2,14,15,16). The highest BCUT2D eigenvalue weighted by Crippen LogP contribution is 2.39. The number of carbonyl (C=O) groups excluding carboxylic acids is 1. The Morgan fingerprint density at radius 1 is 1.24 bits per heavy atom. The monoisotopic (exact) mass is 258 g/mol. The molecule has 0 aromatic rings. The molecule has 2 aliphatic rings. The lowest BCUT2D eigenvalue weighted by molar-refractivity contribution is -0.121. The predicted octanol–water partition coefficient (Wildman–Crippen LogP) is 2.26. The van der Waals surface area contributed by atoms with Crippen molar-refractivity contribution in [2.75, 3.05) is 6.16 Å². The molecule has 2 fully saturated rings. The Morgan fingerprint density at radius 3 is 2.29 bits per heavy atom. The van der Waals surface area contributed by atoms with E-state index < -0.39 is 13.8 Å². The molecule has 0 amide bonds. The Bertz CT molecular complexity index is 368. The molecule has 0 aliphatic heterocycles. The summed E-state index contributed by atoms with van der Waals surface area (Å²) in [7, 11) is -4.18. The van der Waals surface area contributed by atoms with Crippen molar-refractivity contribution in [2.24, 2.45) is 11.8 Å². The van der Waals surface area contributed by atoms with Gasteiger partial charge in [0.15, 0.2) is 0 Å². The van der Waals surface area contributed by atoms with Crippen molar-refractivity contribution in [3.05, 3.63) is 11.6 Å². The zero-order valence-corrected chi connectivity index (χ0v) is 10.7. The smallest absolute Gasteiger partial charge is 0.324 e. The van der Waals surface area contributed by atoms with Gasteiger partial charge in [-0.05, 0) is 44.4 Å². The average molecular weight is 258 g/mol. The molecule has 0 aromatic heterocycles. The summed E-state index contributed by atoms with van der Waals surface area (Å²) in [5.74, 6) is 0.370. The van der Waals surface area contributed by atoms with Gasteiger partial charge in [0.25, 0.3) is 0 Å². The van der Waals surface area contributed by atoms with Crippen LogP contribution in [0.4, 0.5) is 0 Å². The third-order valence-corrected chi connectivity index (χ3v) is 4.26. The van der Waals surface area contributed by atoms with Crippen LogP contribution in [-0.4, -0.2) is 21.7 Å². The van der Waals surface area contributed by atoms with E-state index in [0.29, 0.717) is 0 Å². The summed E-state index contributed by atoms with van der Waals surface area (Å²) in [5, 5.41) is 0. The van der Waals surface area contributed by atoms with Gasteiger partial charge in [-0.15, -0.1) is 0 Å². The normalized spacial score (nSPS) is 25.8. The van der Waals surface area contributed by atoms with E-state index in [1.165, 1.54) is 18.4 Å². The Labute approximate surface area is 101 Å². The first-order valence-corrected chi connectivity index (χ1v) is 8.00. The van der Waals surface area contributed by atoms with E-state index in [-0.39, 0.29) is 11.7 Å². The van der Waals surface area contributed by atoms with Gasteiger partial charge in [0, 0.05) is 5.92 Å². The quantitative estimate of drug-likeness (QED) is 0.599. The van der Waals surface area contributed by atoms with Gasteiger partial charge in [0.1, 0.15) is 11.9 Å². The third kappa shape index (κ3) is 4.38. The fourth-order valence-corrected chi connectivity index (χ4v) is 3.07. The lowest BCUT2D eigenvalue weighted by Crippen LogP contribution is -2.21. The van der Waals surface area contributed by atoms with E-state index in [1.807, 2.05) is 0 Å². The van der Waals surface area contributed by atoms with E-state index in [2.05, 4.69) is 6.08 Å². The number of hydrogen-bond donors (Lipinski definition) is 2. The molecule has 17 heavy (non-hydrogen) atoms. The molecule has 0 aromatic carbocycles. The zero-order chi connectivity index (χ0) is 12.5. The van der Waals surface area contributed by atoms with Crippen molar-refractivity contribution in [3.8, 4) is 0 Å². The SMILES string of the molecule is O=C(CP(=O)(O)O)C1CCC(=CC2CC2)CC1. The molecule has 0 unspecified atom stereocenters. The highest BCUT2D eigenvalue weighted by Gasteiger charge is 2.29. The second kappa shape index (κ2) is 5.05. The number of carbonyl (C=O) groups is 1. The Hall–Kier alpha value is -0.440. The average Bonchev–Trinajstić information content (AvgIpc) is 3.00. The lowest BCUT2D eigenvalue weighted by Gasteiger charge is -2.23. The van der Waals surface area contributed by atoms with Crippen molar-refractivity contribution < 1.29 is 19.1 Å². The maximum absolute atomic E-state index is 11.6. The van der Waals surface area contributed by atoms with Gasteiger partial charge in [0.2, 0.25) is 0 Å². The van der Waals surface area contributed by atoms with Gasteiger partial charge in [-0.25, -0.2) is 0 Å². The van der Waals surface area contributed by atoms with Gasteiger partial charge in [0.05, 0.1) is 0 Å². The number of allylic oxidation sites excluding steroid dienone is 2. The molecular weight excluding hydrogens is 239 g/mol. The van der Waals surface area contributed by atoms with Crippen molar-refractivity contribution in [2.45, 2.75) is 38.5 Å². The molecule has 0 heterocycles. The van der Waals surface area contributed by atoms with Crippen LogP contribution in [0.15, 0.2) is 11.6 Å². The minimum absolute atomic E-state index is 0.140. The minimum Gasteiger partial charge on any atom is -0.324 e. The molecule has 0 radical (unpaired) electrons. The number of hydrogen-bond acceptors (Lipinski definition) is 2. The summed E-state index contributed by atoms with van der Waals surface area (Å²) in [5.41, 5.74) is 1.44. The van der Waals surface area contributed by atoms with Crippen molar-refractivity contribution in [1.29, 1.82) is 0 Å². The molecule has 0 saturated heterocycles. The third-order valence-electron chi connectivity index (χ3n) is 3.54. The van der Waals surface area contributed by atoms with Gasteiger partial charge >= 0.3 is 7.60 Å². The largest absolute Gasteiger partial charge is 0.332 e. The molecule has 5 heteroatoms. The van der Waals surface area contributed by atoms with E-state index in [4.69, 9.17) is 9.79 Å². The number of rotatable bonds is 4. The van der Waals surface area contributed by atoms with Crippen LogP contribution in [0.2, 0.25) is 0 Å². The molecule has 2 saturated carbocycles. The lowest BCUT2D eigenvalue weighted by atomic mass is 9.83. The Kier molecular flexibility index (Phi) is 3.86. The summed E-state index contributed by atoms with van der Waals surface area (Å²) < 4.78 is 10.8. The maximum atomic E-state index is 11.6. The highest BCUT2D eigenvalue weighted by molar-refractivity contribution is 7.52. The fourth-order valence-electron chi connectivity index (χ4n) is 2.41. The first-order valence-electron chi connectivity index (χ1n) is 6.21. The van der Waals surface area contributed by atoms with Crippen LogP contribution in [-0.2, 0) is 9.36 Å². The first-order chi connectivity index (χ1) is 7.94. The number of Topliss-reactive ketones (excluding diaryl/α,β-unsaturated/α-hetero) is 1. The molecular formula is C12H19O4P. The molecule has 2 N–H and O–H groups in total. The van der Waals surface area contributed by atoms with Gasteiger partial charge < -0.3 is 9.79 Å². The van der Waals surface area contributed by atoms with Gasteiger partial charge in [-0.3, -0.25) is 9.36 Å². The molecule has 0 bridgehead atoms. The van der Waals surface area contributed by atoms with Crippen LogP contribution in [0.5, 0.6) is 0 Å². The summed E-state index contributed by atoms with van der Waals surface area (Å²) >= 11 is 0. The summed E-state index contributed by atoms with van der Waals surface area (Å²) in [4.78, 5) is 29.2. The van der Waals surface area contributed by atoms with E-state index in [9.17, 15) is 9.36 Å². The van der Waals surface area contributed by atoms with Gasteiger partial charge in [-0.1, -0.05) is 11.6 Å². The molecule has 2 aliphatic carbocycles. The zero-order valence-electron chi connectivity index (χ0n) is 9.84. The van der Waals surface area contributed by atoms with Crippen LogP contribution < -0.4 is 0 Å². The summed E-state index contributed by atoms with van der Waals surface area (Å²) in [6.07, 6.45) is 7.72. The van der Waals surface area contributed by atoms with E-state index in [0.717, 1.165) is 31.6 Å². The van der Waals surface area contributed by atoms with Crippen molar-refractivity contribution >= 4 is 13.4 Å². The fraction of sp³-hybridized carbons (Fsp3) is 0.750. The molecule has 96 valence electrons. The Morgan fingerprint density at radius 2 is 1.82 bits per heavy atom. The second-order valence-corrected chi connectivity index (χ2v) is 6.87. The molecule has 0 spiro atoms. The van der Waals surface area contributed by atoms with Crippen LogP contribution in [0.1, 0.15) is 38.5 Å². The first kappa shape index (κ1) is 13.0. The van der Waals surface area contributed by atoms with Crippen LogP contribution in [0, 0.1) is 11.8 Å². The topological polar surface area (TPSA) is 74.6 Å². The van der Waals surface area contributed by atoms with Crippen LogP contribution in [0.3, 0.4) is 0 Å². The summed E-state index contributed by atoms with van der Waals surface area (Å²) in [6.45, 7) is 0. The van der Waals surface area contributed by atoms with Crippen LogP contribution in [0.25, 0.3) is 0 Å². The number of ketones is 1.